The number of rotatable bonds is 6. The Morgan fingerprint density at radius 2 is 1.95 bits per heavy atom. The van der Waals surface area contributed by atoms with Gasteiger partial charge in [-0.15, -0.1) is 0 Å². The van der Waals surface area contributed by atoms with Crippen LogP contribution in [0.3, 0.4) is 0 Å². The van der Waals surface area contributed by atoms with E-state index in [0.29, 0.717) is 17.6 Å². The molecule has 1 aromatic heterocycles. The van der Waals surface area contributed by atoms with Gasteiger partial charge in [0.05, 0.1) is 28.6 Å². The molecule has 110 valence electrons. The molecule has 0 bridgehead atoms. The van der Waals surface area contributed by atoms with Gasteiger partial charge in [0.1, 0.15) is 0 Å². The largest absolute Gasteiger partial charge is 0.377 e. The monoisotopic (exact) mass is 299 g/mol. The van der Waals surface area contributed by atoms with E-state index in [1.165, 1.54) is 12.1 Å². The summed E-state index contributed by atoms with van der Waals surface area (Å²) >= 11 is 0. The number of fused-ring (bicyclic) bond motifs is 1. The number of hydrogen-bond acceptors (Lipinski definition) is 4. The van der Waals surface area contributed by atoms with Crippen LogP contribution in [0.1, 0.15) is 13.8 Å². The molecule has 0 amide bonds. The maximum atomic E-state index is 12.1. The van der Waals surface area contributed by atoms with Crippen LogP contribution in [0.25, 0.3) is 11.0 Å². The molecule has 20 heavy (non-hydrogen) atoms. The Morgan fingerprint density at radius 3 is 2.65 bits per heavy atom. The quantitative estimate of drug-likeness (QED) is 0.678. The van der Waals surface area contributed by atoms with Crippen molar-refractivity contribution in [2.45, 2.75) is 24.8 Å². The smallest absolute Gasteiger partial charge is 0.323 e. The van der Waals surface area contributed by atoms with Crippen molar-refractivity contribution < 1.29 is 13.2 Å². The third kappa shape index (κ3) is 3.47. The number of hydrogen-bond donors (Lipinski definition) is 3. The van der Waals surface area contributed by atoms with Crippen molar-refractivity contribution in [2.75, 3.05) is 13.2 Å². The van der Waals surface area contributed by atoms with E-state index in [4.69, 9.17) is 4.74 Å². The molecule has 0 spiro atoms. The number of aromatic amines is 2. The second-order valence-electron chi connectivity index (χ2n) is 4.60. The average molecular weight is 299 g/mol. The SMILES string of the molecule is CC(C)OCCNS(=O)(=O)c1ccc2[nH]c(=O)[nH]c2c1. The zero-order valence-corrected chi connectivity index (χ0v) is 12.1. The molecule has 0 aliphatic heterocycles. The van der Waals surface area contributed by atoms with Gasteiger partial charge in [0, 0.05) is 6.54 Å². The molecule has 8 heteroatoms. The van der Waals surface area contributed by atoms with E-state index in [1.54, 1.807) is 6.07 Å². The molecule has 0 radical (unpaired) electrons. The molecular formula is C12H17N3O4S. The second kappa shape index (κ2) is 5.78. The van der Waals surface area contributed by atoms with Gasteiger partial charge < -0.3 is 14.7 Å². The zero-order valence-electron chi connectivity index (χ0n) is 11.3. The van der Waals surface area contributed by atoms with Crippen LogP contribution < -0.4 is 10.4 Å². The van der Waals surface area contributed by atoms with Crippen molar-refractivity contribution in [1.29, 1.82) is 0 Å². The summed E-state index contributed by atoms with van der Waals surface area (Å²) in [4.78, 5) is 16.3. The third-order valence-corrected chi connectivity index (χ3v) is 4.10. The lowest BCUT2D eigenvalue weighted by Crippen LogP contribution is -2.28. The van der Waals surface area contributed by atoms with Crippen LogP contribution in [0.15, 0.2) is 27.9 Å². The summed E-state index contributed by atoms with van der Waals surface area (Å²) in [6.07, 6.45) is 0.0563. The molecule has 0 saturated heterocycles. The Bertz CT molecular complexity index is 745. The number of benzene rings is 1. The Balaban J connectivity index is 2.12. The van der Waals surface area contributed by atoms with Crippen molar-refractivity contribution in [3.63, 3.8) is 0 Å². The highest BCUT2D eigenvalue weighted by Crippen LogP contribution is 2.14. The van der Waals surface area contributed by atoms with Gasteiger partial charge in [-0.25, -0.2) is 17.9 Å². The molecule has 3 N–H and O–H groups in total. The van der Waals surface area contributed by atoms with Gasteiger partial charge in [0.25, 0.3) is 0 Å². The third-order valence-electron chi connectivity index (χ3n) is 2.64. The topological polar surface area (TPSA) is 104 Å². The van der Waals surface area contributed by atoms with E-state index in [2.05, 4.69) is 14.7 Å². The van der Waals surface area contributed by atoms with Gasteiger partial charge in [-0.3, -0.25) is 0 Å². The molecule has 0 fully saturated rings. The Morgan fingerprint density at radius 1 is 1.25 bits per heavy atom. The molecule has 0 saturated carbocycles. The highest BCUT2D eigenvalue weighted by atomic mass is 32.2. The maximum Gasteiger partial charge on any atom is 0.323 e. The molecule has 0 unspecified atom stereocenters. The number of nitrogens with one attached hydrogen (secondary N) is 3. The first-order valence-electron chi connectivity index (χ1n) is 6.22. The lowest BCUT2D eigenvalue weighted by Gasteiger charge is -2.09. The summed E-state index contributed by atoms with van der Waals surface area (Å²) in [5.41, 5.74) is 0.654. The molecular weight excluding hydrogens is 282 g/mol. The van der Waals surface area contributed by atoms with E-state index >= 15 is 0 Å². The molecule has 0 aliphatic rings. The molecule has 1 heterocycles. The maximum absolute atomic E-state index is 12.1. The Kier molecular flexibility index (Phi) is 4.26. The minimum absolute atomic E-state index is 0.0563. The van der Waals surface area contributed by atoms with Gasteiger partial charge in [-0.2, -0.15) is 0 Å². The minimum atomic E-state index is -3.61. The van der Waals surface area contributed by atoms with Crippen LogP contribution in [0, 0.1) is 0 Å². The van der Waals surface area contributed by atoms with E-state index in [-0.39, 0.29) is 23.2 Å². The predicted octanol–water partition coefficient (Wildman–Crippen LogP) is 0.560. The first kappa shape index (κ1) is 14.8. The fraction of sp³-hybridized carbons (Fsp3) is 0.417. The fourth-order valence-electron chi connectivity index (χ4n) is 1.73. The standard InChI is InChI=1S/C12H17N3O4S/c1-8(2)19-6-5-13-20(17,18)9-3-4-10-11(7-9)15-12(16)14-10/h3-4,7-8,13H,5-6H2,1-2H3,(H2,14,15,16). The summed E-state index contributed by atoms with van der Waals surface area (Å²) < 4.78 is 31.8. The van der Waals surface area contributed by atoms with Crippen LogP contribution >= 0.6 is 0 Å². The van der Waals surface area contributed by atoms with E-state index < -0.39 is 10.0 Å². The van der Waals surface area contributed by atoms with Crippen molar-refractivity contribution >= 4 is 21.1 Å². The Hall–Kier alpha value is -1.64. The number of imidazole rings is 1. The van der Waals surface area contributed by atoms with Crippen molar-refractivity contribution in [3.05, 3.63) is 28.7 Å². The summed E-state index contributed by atoms with van der Waals surface area (Å²) in [6.45, 7) is 4.26. The van der Waals surface area contributed by atoms with E-state index in [0.717, 1.165) is 0 Å². The highest BCUT2D eigenvalue weighted by Gasteiger charge is 2.14. The van der Waals surface area contributed by atoms with Crippen molar-refractivity contribution in [3.8, 4) is 0 Å². The zero-order chi connectivity index (χ0) is 14.8. The number of aromatic nitrogens is 2. The summed E-state index contributed by atoms with van der Waals surface area (Å²) in [5, 5.41) is 0. The first-order chi connectivity index (χ1) is 9.38. The average Bonchev–Trinajstić information content (AvgIpc) is 2.73. The highest BCUT2D eigenvalue weighted by molar-refractivity contribution is 7.89. The molecule has 0 atom stereocenters. The van der Waals surface area contributed by atoms with Gasteiger partial charge in [0.15, 0.2) is 0 Å². The number of H-pyrrole nitrogens is 2. The van der Waals surface area contributed by atoms with Crippen molar-refractivity contribution in [2.24, 2.45) is 0 Å². The van der Waals surface area contributed by atoms with E-state index in [1.807, 2.05) is 13.8 Å². The first-order valence-corrected chi connectivity index (χ1v) is 7.70. The lowest BCUT2D eigenvalue weighted by molar-refractivity contribution is 0.0834. The number of ether oxygens (including phenoxy) is 1. The van der Waals surface area contributed by atoms with E-state index in [9.17, 15) is 13.2 Å². The van der Waals surface area contributed by atoms with Crippen molar-refractivity contribution in [1.82, 2.24) is 14.7 Å². The van der Waals surface area contributed by atoms with Crippen LogP contribution in [-0.4, -0.2) is 37.6 Å². The van der Waals surface area contributed by atoms with Crippen LogP contribution in [-0.2, 0) is 14.8 Å². The normalized spacial score (nSPS) is 12.3. The molecule has 2 rings (SSSR count). The minimum Gasteiger partial charge on any atom is -0.377 e. The van der Waals surface area contributed by atoms with Gasteiger partial charge in [-0.1, -0.05) is 0 Å². The van der Waals surface area contributed by atoms with Crippen LogP contribution in [0.2, 0.25) is 0 Å². The van der Waals surface area contributed by atoms with Gasteiger partial charge >= 0.3 is 5.69 Å². The number of sulfonamides is 1. The second-order valence-corrected chi connectivity index (χ2v) is 6.37. The summed E-state index contributed by atoms with van der Waals surface area (Å²) in [7, 11) is -3.61. The lowest BCUT2D eigenvalue weighted by atomic mass is 10.3. The predicted molar refractivity (Wildman–Crippen MR) is 75.2 cm³/mol. The molecule has 0 aliphatic carbocycles. The summed E-state index contributed by atoms with van der Waals surface area (Å²) in [5.74, 6) is 0. The van der Waals surface area contributed by atoms with Gasteiger partial charge in [0.2, 0.25) is 10.0 Å². The van der Waals surface area contributed by atoms with Gasteiger partial charge in [-0.05, 0) is 32.0 Å². The van der Waals surface area contributed by atoms with Crippen LogP contribution in [0.4, 0.5) is 0 Å². The fourth-order valence-corrected chi connectivity index (χ4v) is 2.77. The summed E-state index contributed by atoms with van der Waals surface area (Å²) in [6, 6.07) is 4.41. The molecule has 2 aromatic rings. The van der Waals surface area contributed by atoms with Crippen LogP contribution in [0.5, 0.6) is 0 Å². The molecule has 1 aromatic carbocycles. The Labute approximate surface area is 116 Å². The molecule has 7 nitrogen and oxygen atoms in total.